The van der Waals surface area contributed by atoms with Gasteiger partial charge in [-0.05, 0) is 31.7 Å². The predicted molar refractivity (Wildman–Crippen MR) is 78.2 cm³/mol. The average molecular weight is 288 g/mol. The predicted octanol–water partition coefficient (Wildman–Crippen LogP) is 3.31. The van der Waals surface area contributed by atoms with Crippen LogP contribution in [0, 0.1) is 5.92 Å². The number of ketones is 1. The quantitative estimate of drug-likeness (QED) is 0.797. The Labute approximate surface area is 119 Å². The first-order valence-electron chi connectivity index (χ1n) is 7.14. The molecule has 3 nitrogen and oxygen atoms in total. The van der Waals surface area contributed by atoms with Gasteiger partial charge in [0.2, 0.25) is 0 Å². The standard InChI is InChI=1S/C16H16O3S/c17-16(10-7-11-5-6-12(8-10)20(11)18)14-9-19-15-4-2-1-3-13(14)15/h1-4,9-12H,5-8H2. The van der Waals surface area contributed by atoms with E-state index >= 15 is 0 Å². The summed E-state index contributed by atoms with van der Waals surface area (Å²) in [4.78, 5) is 12.7. The SMILES string of the molecule is O=C(c1coc2ccccc12)C1CC2CCC(C1)S2=O. The highest BCUT2D eigenvalue weighted by atomic mass is 32.2. The van der Waals surface area contributed by atoms with Gasteiger partial charge in [-0.2, -0.15) is 0 Å². The van der Waals surface area contributed by atoms with Gasteiger partial charge in [0.05, 0.1) is 5.56 Å². The Morgan fingerprint density at radius 2 is 1.85 bits per heavy atom. The third-order valence-electron chi connectivity index (χ3n) is 4.68. The number of fused-ring (bicyclic) bond motifs is 3. The van der Waals surface area contributed by atoms with Crippen LogP contribution in [0.3, 0.4) is 0 Å². The molecule has 4 rings (SSSR count). The van der Waals surface area contributed by atoms with E-state index in [1.165, 1.54) is 0 Å². The molecule has 0 N–H and O–H groups in total. The summed E-state index contributed by atoms with van der Waals surface area (Å²) < 4.78 is 17.5. The van der Waals surface area contributed by atoms with Crippen molar-refractivity contribution in [2.45, 2.75) is 36.2 Å². The normalized spacial score (nSPS) is 32.6. The molecule has 0 saturated carbocycles. The summed E-state index contributed by atoms with van der Waals surface area (Å²) >= 11 is 0. The summed E-state index contributed by atoms with van der Waals surface area (Å²) in [5, 5.41) is 1.37. The Morgan fingerprint density at radius 3 is 2.60 bits per heavy atom. The molecule has 0 amide bonds. The fourth-order valence-electron chi connectivity index (χ4n) is 3.64. The molecule has 0 radical (unpaired) electrons. The van der Waals surface area contributed by atoms with Crippen molar-refractivity contribution >= 4 is 27.6 Å². The van der Waals surface area contributed by atoms with Gasteiger partial charge in [0.1, 0.15) is 11.8 Å². The van der Waals surface area contributed by atoms with Crippen molar-refractivity contribution < 1.29 is 13.4 Å². The van der Waals surface area contributed by atoms with Gasteiger partial charge in [-0.3, -0.25) is 9.00 Å². The first kappa shape index (κ1) is 12.3. The zero-order chi connectivity index (χ0) is 13.7. The second-order valence-electron chi connectivity index (χ2n) is 5.83. The third-order valence-corrected chi connectivity index (χ3v) is 6.85. The second-order valence-corrected chi connectivity index (χ2v) is 7.82. The molecule has 104 valence electrons. The fourth-order valence-corrected chi connectivity index (χ4v) is 5.76. The van der Waals surface area contributed by atoms with E-state index in [0.29, 0.717) is 5.56 Å². The van der Waals surface area contributed by atoms with Crippen LogP contribution in [-0.2, 0) is 10.8 Å². The van der Waals surface area contributed by atoms with Gasteiger partial charge in [-0.15, -0.1) is 0 Å². The molecular weight excluding hydrogens is 272 g/mol. The van der Waals surface area contributed by atoms with Crippen molar-refractivity contribution in [2.75, 3.05) is 0 Å². The molecule has 2 aliphatic heterocycles. The summed E-state index contributed by atoms with van der Waals surface area (Å²) in [5.41, 5.74) is 1.45. The lowest BCUT2D eigenvalue weighted by Gasteiger charge is -2.25. The number of rotatable bonds is 2. The number of Topliss-reactive ketones (excluding diaryl/α,β-unsaturated/α-hetero) is 1. The molecule has 4 heteroatoms. The molecule has 2 aromatic rings. The summed E-state index contributed by atoms with van der Waals surface area (Å²) in [6.45, 7) is 0. The van der Waals surface area contributed by atoms with Gasteiger partial charge in [0.15, 0.2) is 5.78 Å². The summed E-state index contributed by atoms with van der Waals surface area (Å²) in [7, 11) is -0.705. The molecular formula is C16H16O3S. The highest BCUT2D eigenvalue weighted by Crippen LogP contribution is 2.40. The van der Waals surface area contributed by atoms with Crippen LogP contribution in [0.4, 0.5) is 0 Å². The van der Waals surface area contributed by atoms with E-state index in [4.69, 9.17) is 4.42 Å². The first-order valence-corrected chi connectivity index (χ1v) is 8.41. The number of furan rings is 1. The highest BCUT2D eigenvalue weighted by Gasteiger charge is 2.43. The van der Waals surface area contributed by atoms with E-state index in [2.05, 4.69) is 0 Å². The topological polar surface area (TPSA) is 47.3 Å². The molecule has 1 aromatic carbocycles. The lowest BCUT2D eigenvalue weighted by Crippen LogP contribution is -2.32. The van der Waals surface area contributed by atoms with Crippen LogP contribution >= 0.6 is 0 Å². The molecule has 2 atom stereocenters. The van der Waals surface area contributed by atoms with Crippen molar-refractivity contribution in [3.05, 3.63) is 36.1 Å². The van der Waals surface area contributed by atoms with E-state index in [-0.39, 0.29) is 22.2 Å². The highest BCUT2D eigenvalue weighted by molar-refractivity contribution is 7.86. The Bertz CT molecular complexity index is 687. The van der Waals surface area contributed by atoms with Crippen molar-refractivity contribution in [1.29, 1.82) is 0 Å². The van der Waals surface area contributed by atoms with Crippen molar-refractivity contribution in [3.8, 4) is 0 Å². The number of hydrogen-bond donors (Lipinski definition) is 0. The smallest absolute Gasteiger partial charge is 0.169 e. The minimum atomic E-state index is -0.705. The molecule has 0 spiro atoms. The Hall–Kier alpha value is -1.42. The Kier molecular flexibility index (Phi) is 2.81. The second kappa shape index (κ2) is 4.55. The van der Waals surface area contributed by atoms with E-state index in [9.17, 15) is 9.00 Å². The van der Waals surface area contributed by atoms with Gasteiger partial charge in [-0.1, -0.05) is 18.2 Å². The van der Waals surface area contributed by atoms with Crippen LogP contribution in [0.5, 0.6) is 0 Å². The lowest BCUT2D eigenvalue weighted by atomic mass is 9.90. The van der Waals surface area contributed by atoms with Crippen LogP contribution in [0.2, 0.25) is 0 Å². The number of carbonyl (C=O) groups excluding carboxylic acids is 1. The zero-order valence-electron chi connectivity index (χ0n) is 11.1. The minimum Gasteiger partial charge on any atom is -0.464 e. The summed E-state index contributed by atoms with van der Waals surface area (Å²) in [6, 6.07) is 7.64. The van der Waals surface area contributed by atoms with Crippen LogP contribution in [0.1, 0.15) is 36.0 Å². The number of benzene rings is 1. The van der Waals surface area contributed by atoms with Crippen LogP contribution in [0.25, 0.3) is 11.0 Å². The maximum Gasteiger partial charge on any atom is 0.169 e. The zero-order valence-corrected chi connectivity index (χ0v) is 11.9. The fraction of sp³-hybridized carbons (Fsp3) is 0.438. The van der Waals surface area contributed by atoms with Gasteiger partial charge >= 0.3 is 0 Å². The van der Waals surface area contributed by atoms with Gasteiger partial charge in [0, 0.05) is 32.6 Å². The molecule has 20 heavy (non-hydrogen) atoms. The van der Waals surface area contributed by atoms with E-state index in [1.807, 2.05) is 24.3 Å². The lowest BCUT2D eigenvalue weighted by molar-refractivity contribution is 0.0907. The van der Waals surface area contributed by atoms with Crippen LogP contribution in [-0.4, -0.2) is 20.5 Å². The molecule has 0 aliphatic carbocycles. The molecule has 2 saturated heterocycles. The summed E-state index contributed by atoms with van der Waals surface area (Å²) in [5.74, 6) is 0.190. The molecule has 2 fully saturated rings. The largest absolute Gasteiger partial charge is 0.464 e. The number of para-hydroxylation sites is 1. The maximum atomic E-state index is 12.7. The van der Waals surface area contributed by atoms with E-state index < -0.39 is 10.8 Å². The maximum absolute atomic E-state index is 12.7. The molecule has 2 bridgehead atoms. The van der Waals surface area contributed by atoms with Gasteiger partial charge < -0.3 is 4.42 Å². The molecule has 2 unspecified atom stereocenters. The van der Waals surface area contributed by atoms with Crippen molar-refractivity contribution in [3.63, 3.8) is 0 Å². The number of hydrogen-bond acceptors (Lipinski definition) is 3. The average Bonchev–Trinajstić information content (AvgIpc) is 2.95. The van der Waals surface area contributed by atoms with Gasteiger partial charge in [-0.25, -0.2) is 0 Å². The third kappa shape index (κ3) is 1.78. The van der Waals surface area contributed by atoms with Crippen LogP contribution in [0.15, 0.2) is 34.9 Å². The number of carbonyl (C=O) groups is 1. The molecule has 3 heterocycles. The van der Waals surface area contributed by atoms with Gasteiger partial charge in [0.25, 0.3) is 0 Å². The van der Waals surface area contributed by atoms with Crippen molar-refractivity contribution in [1.82, 2.24) is 0 Å². The van der Waals surface area contributed by atoms with Crippen molar-refractivity contribution in [2.24, 2.45) is 5.92 Å². The van der Waals surface area contributed by atoms with E-state index in [0.717, 1.165) is 36.7 Å². The minimum absolute atomic E-state index is 0.0196. The Morgan fingerprint density at radius 1 is 1.15 bits per heavy atom. The monoisotopic (exact) mass is 288 g/mol. The molecule has 1 aromatic heterocycles. The van der Waals surface area contributed by atoms with Crippen LogP contribution < -0.4 is 0 Å². The molecule has 2 aliphatic rings. The summed E-state index contributed by atoms with van der Waals surface area (Å²) in [6.07, 6.45) is 5.18. The first-order chi connectivity index (χ1) is 9.74. The van der Waals surface area contributed by atoms with E-state index in [1.54, 1.807) is 6.26 Å². The Balaban J connectivity index is 1.66.